The molecule has 2 aromatic rings. The van der Waals surface area contributed by atoms with Gasteiger partial charge in [0.1, 0.15) is 5.82 Å². The van der Waals surface area contributed by atoms with Crippen molar-refractivity contribution in [3.8, 4) is 11.4 Å². The van der Waals surface area contributed by atoms with E-state index in [-0.39, 0.29) is 0 Å². The molecule has 0 saturated heterocycles. The Morgan fingerprint density at radius 2 is 1.71 bits per heavy atom. The summed E-state index contributed by atoms with van der Waals surface area (Å²) in [5, 5.41) is 0. The van der Waals surface area contributed by atoms with E-state index in [2.05, 4.69) is 35.9 Å². The molecule has 0 spiro atoms. The van der Waals surface area contributed by atoms with E-state index in [1.807, 2.05) is 19.1 Å². The van der Waals surface area contributed by atoms with Crippen molar-refractivity contribution in [2.45, 2.75) is 27.2 Å². The van der Waals surface area contributed by atoms with Crippen LogP contribution in [0.5, 0.6) is 0 Å². The molecule has 1 heterocycles. The summed E-state index contributed by atoms with van der Waals surface area (Å²) in [5.74, 6) is 1.29. The Hall–Kier alpha value is -1.90. The van der Waals surface area contributed by atoms with Crippen LogP contribution in [0.15, 0.2) is 24.3 Å². The molecule has 0 unspecified atom stereocenters. The predicted octanol–water partition coefficient (Wildman–Crippen LogP) is 2.91. The van der Waals surface area contributed by atoms with Crippen molar-refractivity contribution in [2.75, 3.05) is 5.73 Å². The third kappa shape index (κ3) is 2.28. The number of hydrogen-bond donors (Lipinski definition) is 1. The topological polar surface area (TPSA) is 51.8 Å². The molecule has 0 atom stereocenters. The highest BCUT2D eigenvalue weighted by Crippen LogP contribution is 2.20. The largest absolute Gasteiger partial charge is 0.383 e. The second-order valence-electron chi connectivity index (χ2n) is 4.22. The molecule has 0 saturated carbocycles. The first kappa shape index (κ1) is 11.6. The fourth-order valence-corrected chi connectivity index (χ4v) is 1.76. The summed E-state index contributed by atoms with van der Waals surface area (Å²) in [4.78, 5) is 8.91. The Balaban J connectivity index is 2.52. The summed E-state index contributed by atoms with van der Waals surface area (Å²) in [7, 11) is 0. The molecule has 3 nitrogen and oxygen atoms in total. The van der Waals surface area contributed by atoms with Gasteiger partial charge >= 0.3 is 0 Å². The van der Waals surface area contributed by atoms with Crippen LogP contribution in [0.1, 0.15) is 23.7 Å². The molecule has 17 heavy (non-hydrogen) atoms. The van der Waals surface area contributed by atoms with Crippen molar-refractivity contribution < 1.29 is 0 Å². The lowest BCUT2D eigenvalue weighted by Crippen LogP contribution is -2.04. The first-order valence-electron chi connectivity index (χ1n) is 5.82. The molecule has 0 fully saturated rings. The Bertz CT molecular complexity index is 530. The van der Waals surface area contributed by atoms with E-state index in [1.54, 1.807) is 0 Å². The average molecular weight is 227 g/mol. The van der Waals surface area contributed by atoms with Crippen LogP contribution in [-0.2, 0) is 6.42 Å². The summed E-state index contributed by atoms with van der Waals surface area (Å²) in [6, 6.07) is 8.17. The molecular weight excluding hydrogens is 210 g/mol. The van der Waals surface area contributed by atoms with Gasteiger partial charge in [-0.3, -0.25) is 0 Å². The first-order chi connectivity index (χ1) is 8.11. The van der Waals surface area contributed by atoms with Gasteiger partial charge in [-0.2, -0.15) is 0 Å². The number of benzene rings is 1. The van der Waals surface area contributed by atoms with E-state index in [0.29, 0.717) is 11.6 Å². The number of anilines is 1. The highest BCUT2D eigenvalue weighted by Gasteiger charge is 2.08. The van der Waals surface area contributed by atoms with Crippen molar-refractivity contribution >= 4 is 5.82 Å². The summed E-state index contributed by atoms with van der Waals surface area (Å²) in [6.07, 6.45) is 0.872. The average Bonchev–Trinajstić information content (AvgIpc) is 2.33. The van der Waals surface area contributed by atoms with Crippen LogP contribution >= 0.6 is 0 Å². The zero-order chi connectivity index (χ0) is 12.4. The molecule has 1 aromatic carbocycles. The van der Waals surface area contributed by atoms with Crippen molar-refractivity contribution in [2.24, 2.45) is 0 Å². The smallest absolute Gasteiger partial charge is 0.161 e. The quantitative estimate of drug-likeness (QED) is 0.858. The van der Waals surface area contributed by atoms with Crippen LogP contribution in [0.3, 0.4) is 0 Å². The number of nitrogens with two attached hydrogens (primary N) is 1. The lowest BCUT2D eigenvalue weighted by Gasteiger charge is -2.08. The minimum atomic E-state index is 0.576. The normalized spacial score (nSPS) is 10.5. The van der Waals surface area contributed by atoms with E-state index in [9.17, 15) is 0 Å². The molecule has 0 aliphatic carbocycles. The number of nitrogens with zero attached hydrogens (tertiary/aromatic N) is 2. The zero-order valence-corrected chi connectivity index (χ0v) is 10.5. The maximum Gasteiger partial charge on any atom is 0.161 e. The summed E-state index contributed by atoms with van der Waals surface area (Å²) >= 11 is 0. The number of aromatic nitrogens is 2. The molecule has 88 valence electrons. The summed E-state index contributed by atoms with van der Waals surface area (Å²) < 4.78 is 0. The molecule has 2 N–H and O–H groups in total. The minimum absolute atomic E-state index is 0.576. The number of nitrogen functional groups attached to an aromatic ring is 1. The lowest BCUT2D eigenvalue weighted by atomic mass is 10.1. The molecule has 0 amide bonds. The van der Waals surface area contributed by atoms with Crippen molar-refractivity contribution in [1.82, 2.24) is 9.97 Å². The van der Waals surface area contributed by atoms with Gasteiger partial charge in [0, 0.05) is 16.8 Å². The van der Waals surface area contributed by atoms with Crippen molar-refractivity contribution in [3.63, 3.8) is 0 Å². The van der Waals surface area contributed by atoms with Gasteiger partial charge in [0.2, 0.25) is 0 Å². The third-order valence-electron chi connectivity index (χ3n) is 2.93. The first-order valence-corrected chi connectivity index (χ1v) is 5.82. The molecule has 2 rings (SSSR count). The predicted molar refractivity (Wildman–Crippen MR) is 70.7 cm³/mol. The number of rotatable bonds is 2. The van der Waals surface area contributed by atoms with Crippen LogP contribution in [0, 0.1) is 13.8 Å². The van der Waals surface area contributed by atoms with E-state index < -0.39 is 0 Å². The standard InChI is InChI=1S/C14H17N3/c1-4-12-10(3)13(15)17-14(16-12)11-7-5-9(2)6-8-11/h5-8H,4H2,1-3H3,(H2,15,16,17). The van der Waals surface area contributed by atoms with E-state index in [1.165, 1.54) is 5.56 Å². The van der Waals surface area contributed by atoms with Gasteiger partial charge in [-0.1, -0.05) is 36.8 Å². The highest BCUT2D eigenvalue weighted by molar-refractivity contribution is 5.59. The van der Waals surface area contributed by atoms with Crippen LogP contribution in [0.4, 0.5) is 5.82 Å². The van der Waals surface area contributed by atoms with Crippen LogP contribution in [0.25, 0.3) is 11.4 Å². The lowest BCUT2D eigenvalue weighted by molar-refractivity contribution is 0.982. The number of hydrogen-bond acceptors (Lipinski definition) is 3. The molecular formula is C14H17N3. The summed E-state index contributed by atoms with van der Waals surface area (Å²) in [6.45, 7) is 6.10. The second-order valence-corrected chi connectivity index (χ2v) is 4.22. The van der Waals surface area contributed by atoms with Crippen molar-refractivity contribution in [1.29, 1.82) is 0 Å². The van der Waals surface area contributed by atoms with Crippen molar-refractivity contribution in [3.05, 3.63) is 41.1 Å². The monoisotopic (exact) mass is 227 g/mol. The minimum Gasteiger partial charge on any atom is -0.383 e. The van der Waals surface area contributed by atoms with Gasteiger partial charge in [0.25, 0.3) is 0 Å². The third-order valence-corrected chi connectivity index (χ3v) is 2.93. The van der Waals surface area contributed by atoms with E-state index >= 15 is 0 Å². The molecule has 0 aliphatic heterocycles. The van der Waals surface area contributed by atoms with Crippen LogP contribution in [-0.4, -0.2) is 9.97 Å². The van der Waals surface area contributed by atoms with Gasteiger partial charge in [0.15, 0.2) is 5.82 Å². The molecule has 0 aliphatic rings. The van der Waals surface area contributed by atoms with Gasteiger partial charge < -0.3 is 5.73 Å². The van der Waals surface area contributed by atoms with Gasteiger partial charge in [0.05, 0.1) is 0 Å². The van der Waals surface area contributed by atoms with Gasteiger partial charge in [-0.05, 0) is 20.3 Å². The number of aryl methyl sites for hydroxylation is 2. The van der Waals surface area contributed by atoms with E-state index in [4.69, 9.17) is 5.73 Å². The maximum atomic E-state index is 5.91. The second kappa shape index (κ2) is 4.53. The molecule has 0 bridgehead atoms. The fraction of sp³-hybridized carbons (Fsp3) is 0.286. The fourth-order valence-electron chi connectivity index (χ4n) is 1.76. The zero-order valence-electron chi connectivity index (χ0n) is 10.5. The summed E-state index contributed by atoms with van der Waals surface area (Å²) in [5.41, 5.74) is 10.2. The molecule has 0 radical (unpaired) electrons. The molecule has 3 heteroatoms. The maximum absolute atomic E-state index is 5.91. The SMILES string of the molecule is CCc1nc(-c2ccc(C)cc2)nc(N)c1C. The van der Waals surface area contributed by atoms with Gasteiger partial charge in [-0.25, -0.2) is 9.97 Å². The Labute approximate surface area is 102 Å². The Morgan fingerprint density at radius 3 is 2.29 bits per heavy atom. The van der Waals surface area contributed by atoms with Crippen LogP contribution < -0.4 is 5.73 Å². The van der Waals surface area contributed by atoms with Gasteiger partial charge in [-0.15, -0.1) is 0 Å². The molecule has 1 aromatic heterocycles. The Kier molecular flexibility index (Phi) is 3.09. The Morgan fingerprint density at radius 1 is 1.06 bits per heavy atom. The van der Waals surface area contributed by atoms with E-state index in [0.717, 1.165) is 23.2 Å². The van der Waals surface area contributed by atoms with Crippen LogP contribution in [0.2, 0.25) is 0 Å². The highest BCUT2D eigenvalue weighted by atomic mass is 15.0.